The Balaban J connectivity index is 1.91. The van der Waals surface area contributed by atoms with Gasteiger partial charge in [0.25, 0.3) is 0 Å². The predicted octanol–water partition coefficient (Wildman–Crippen LogP) is 3.59. The highest BCUT2D eigenvalue weighted by atomic mass is 32.1. The Morgan fingerprint density at radius 1 is 1.15 bits per heavy atom. The van der Waals surface area contributed by atoms with Crippen molar-refractivity contribution in [3.63, 3.8) is 0 Å². The fourth-order valence-corrected chi connectivity index (χ4v) is 3.64. The van der Waals surface area contributed by atoms with Gasteiger partial charge in [-0.3, -0.25) is 4.90 Å². The Kier molecular flexibility index (Phi) is 9.28. The third-order valence-electron chi connectivity index (χ3n) is 4.36. The van der Waals surface area contributed by atoms with E-state index in [0.717, 1.165) is 45.1 Å². The summed E-state index contributed by atoms with van der Waals surface area (Å²) in [6.07, 6.45) is 2.85. The first-order chi connectivity index (χ1) is 13.1. The average molecular weight is 388 g/mol. The lowest BCUT2D eigenvalue weighted by atomic mass is 10.1. The molecular formula is C21H33N5S. The monoisotopic (exact) mass is 387 g/mol. The maximum atomic E-state index is 4.74. The Hall–Kier alpha value is -1.92. The zero-order valence-electron chi connectivity index (χ0n) is 17.1. The number of aliphatic imine (C=N–C) groups is 1. The number of nitrogens with one attached hydrogen (secondary N) is 2. The second-order valence-electron chi connectivity index (χ2n) is 6.52. The number of nitrogens with zero attached hydrogens (tertiary/aromatic N) is 3. The molecule has 0 aliphatic rings. The standard InChI is InChI=1S/C21H33N5S/c1-5-22-21(23-12-11-20-24-14-17(4)27-20)25-15-18-9-8-10-19(13-18)16-26(6-2)7-3/h8-10,13-14H,5-7,11-12,15-16H2,1-4H3,(H2,22,23,25). The molecule has 1 aromatic heterocycles. The van der Waals surface area contributed by atoms with Crippen LogP contribution in [-0.2, 0) is 19.5 Å². The van der Waals surface area contributed by atoms with Gasteiger partial charge in [0, 0.05) is 37.1 Å². The molecule has 148 valence electrons. The number of guanidine groups is 1. The summed E-state index contributed by atoms with van der Waals surface area (Å²) in [6.45, 7) is 14.1. The summed E-state index contributed by atoms with van der Waals surface area (Å²) < 4.78 is 0. The van der Waals surface area contributed by atoms with E-state index in [4.69, 9.17) is 4.99 Å². The smallest absolute Gasteiger partial charge is 0.191 e. The molecule has 6 heteroatoms. The normalized spacial score (nSPS) is 11.8. The van der Waals surface area contributed by atoms with Crippen LogP contribution in [0.2, 0.25) is 0 Å². The van der Waals surface area contributed by atoms with Crippen molar-refractivity contribution in [3.05, 3.63) is 51.5 Å². The summed E-state index contributed by atoms with van der Waals surface area (Å²) in [6, 6.07) is 8.75. The Morgan fingerprint density at radius 2 is 1.93 bits per heavy atom. The topological polar surface area (TPSA) is 52.6 Å². The number of hydrogen-bond donors (Lipinski definition) is 2. The van der Waals surface area contributed by atoms with Gasteiger partial charge in [0.1, 0.15) is 0 Å². The lowest BCUT2D eigenvalue weighted by Gasteiger charge is -2.18. The van der Waals surface area contributed by atoms with E-state index in [9.17, 15) is 0 Å². The van der Waals surface area contributed by atoms with Gasteiger partial charge in [-0.2, -0.15) is 0 Å². The quantitative estimate of drug-likeness (QED) is 0.483. The molecule has 0 unspecified atom stereocenters. The fraction of sp³-hybridized carbons (Fsp3) is 0.524. The Morgan fingerprint density at radius 3 is 2.59 bits per heavy atom. The molecule has 0 fully saturated rings. The molecule has 2 aromatic rings. The van der Waals surface area contributed by atoms with E-state index >= 15 is 0 Å². The number of aryl methyl sites for hydroxylation is 1. The molecule has 0 saturated heterocycles. The molecule has 0 saturated carbocycles. The van der Waals surface area contributed by atoms with Crippen LogP contribution in [0.25, 0.3) is 0 Å². The lowest BCUT2D eigenvalue weighted by Crippen LogP contribution is -2.38. The SMILES string of the molecule is CCNC(=NCc1cccc(CN(CC)CC)c1)NCCc1ncc(C)s1. The first-order valence-corrected chi connectivity index (χ1v) is 10.7. The zero-order valence-corrected chi connectivity index (χ0v) is 17.9. The van der Waals surface area contributed by atoms with Crippen LogP contribution in [-0.4, -0.2) is 42.0 Å². The first-order valence-electron chi connectivity index (χ1n) is 9.88. The van der Waals surface area contributed by atoms with Gasteiger partial charge in [-0.05, 0) is 38.1 Å². The van der Waals surface area contributed by atoms with Crippen LogP contribution in [0.5, 0.6) is 0 Å². The van der Waals surface area contributed by atoms with Gasteiger partial charge in [-0.25, -0.2) is 9.98 Å². The highest BCUT2D eigenvalue weighted by molar-refractivity contribution is 7.11. The van der Waals surface area contributed by atoms with Gasteiger partial charge < -0.3 is 10.6 Å². The summed E-state index contributed by atoms with van der Waals surface area (Å²) in [5.41, 5.74) is 2.59. The van der Waals surface area contributed by atoms with Gasteiger partial charge >= 0.3 is 0 Å². The highest BCUT2D eigenvalue weighted by Crippen LogP contribution is 2.11. The van der Waals surface area contributed by atoms with Crippen LogP contribution < -0.4 is 10.6 Å². The van der Waals surface area contributed by atoms with E-state index in [1.54, 1.807) is 11.3 Å². The van der Waals surface area contributed by atoms with Crippen molar-refractivity contribution >= 4 is 17.3 Å². The minimum atomic E-state index is 0.678. The number of aromatic nitrogens is 1. The van der Waals surface area contributed by atoms with Crippen molar-refractivity contribution in [2.75, 3.05) is 26.2 Å². The Bertz CT molecular complexity index is 706. The molecule has 0 amide bonds. The van der Waals surface area contributed by atoms with E-state index in [2.05, 4.69) is 72.5 Å². The summed E-state index contributed by atoms with van der Waals surface area (Å²) in [7, 11) is 0. The van der Waals surface area contributed by atoms with Crippen molar-refractivity contribution in [1.29, 1.82) is 0 Å². The molecule has 0 bridgehead atoms. The van der Waals surface area contributed by atoms with E-state index in [0.29, 0.717) is 6.54 Å². The molecule has 2 rings (SSSR count). The van der Waals surface area contributed by atoms with Crippen LogP contribution in [0.1, 0.15) is 41.8 Å². The maximum Gasteiger partial charge on any atom is 0.191 e. The van der Waals surface area contributed by atoms with E-state index in [1.807, 2.05) is 6.20 Å². The molecule has 0 aliphatic carbocycles. The Labute approximate surface area is 167 Å². The van der Waals surface area contributed by atoms with Crippen molar-refractivity contribution in [1.82, 2.24) is 20.5 Å². The second-order valence-corrected chi connectivity index (χ2v) is 7.84. The van der Waals surface area contributed by atoms with Gasteiger partial charge in [0.15, 0.2) is 5.96 Å². The highest BCUT2D eigenvalue weighted by Gasteiger charge is 2.03. The number of thiazole rings is 1. The summed E-state index contributed by atoms with van der Waals surface area (Å²) in [4.78, 5) is 12.8. The van der Waals surface area contributed by atoms with E-state index < -0.39 is 0 Å². The molecule has 1 heterocycles. The van der Waals surface area contributed by atoms with Gasteiger partial charge in [-0.15, -0.1) is 11.3 Å². The minimum Gasteiger partial charge on any atom is -0.357 e. The van der Waals surface area contributed by atoms with E-state index in [-0.39, 0.29) is 0 Å². The number of benzene rings is 1. The molecule has 2 N–H and O–H groups in total. The van der Waals surface area contributed by atoms with Gasteiger partial charge in [0.05, 0.1) is 11.6 Å². The third-order valence-corrected chi connectivity index (χ3v) is 5.33. The molecule has 5 nitrogen and oxygen atoms in total. The molecule has 0 atom stereocenters. The number of hydrogen-bond acceptors (Lipinski definition) is 4. The van der Waals surface area contributed by atoms with Gasteiger partial charge in [-0.1, -0.05) is 38.1 Å². The molecule has 0 aliphatic heterocycles. The average Bonchev–Trinajstić information content (AvgIpc) is 3.09. The summed E-state index contributed by atoms with van der Waals surface area (Å²) in [5.74, 6) is 0.861. The molecule has 27 heavy (non-hydrogen) atoms. The summed E-state index contributed by atoms with van der Waals surface area (Å²) >= 11 is 1.76. The lowest BCUT2D eigenvalue weighted by molar-refractivity contribution is 0.296. The summed E-state index contributed by atoms with van der Waals surface area (Å²) in [5, 5.41) is 7.90. The first kappa shape index (κ1) is 21.4. The zero-order chi connectivity index (χ0) is 19.5. The van der Waals surface area contributed by atoms with Crippen molar-refractivity contribution in [3.8, 4) is 0 Å². The molecule has 0 radical (unpaired) electrons. The number of rotatable bonds is 10. The fourth-order valence-electron chi connectivity index (χ4n) is 2.85. The second kappa shape index (κ2) is 11.7. The van der Waals surface area contributed by atoms with Crippen LogP contribution in [0.3, 0.4) is 0 Å². The van der Waals surface area contributed by atoms with Crippen molar-refractivity contribution in [2.24, 2.45) is 4.99 Å². The van der Waals surface area contributed by atoms with E-state index in [1.165, 1.54) is 21.0 Å². The van der Waals surface area contributed by atoms with Gasteiger partial charge in [0.2, 0.25) is 0 Å². The minimum absolute atomic E-state index is 0.678. The predicted molar refractivity (Wildman–Crippen MR) is 116 cm³/mol. The third kappa shape index (κ3) is 7.69. The van der Waals surface area contributed by atoms with Crippen LogP contribution in [0.15, 0.2) is 35.5 Å². The largest absolute Gasteiger partial charge is 0.357 e. The van der Waals surface area contributed by atoms with Crippen molar-refractivity contribution in [2.45, 2.75) is 47.2 Å². The maximum absolute atomic E-state index is 4.74. The van der Waals surface area contributed by atoms with Crippen LogP contribution in [0.4, 0.5) is 0 Å². The molecular weight excluding hydrogens is 354 g/mol. The van der Waals surface area contributed by atoms with Crippen LogP contribution in [0, 0.1) is 6.92 Å². The van der Waals surface area contributed by atoms with Crippen molar-refractivity contribution < 1.29 is 0 Å². The van der Waals surface area contributed by atoms with Crippen LogP contribution >= 0.6 is 11.3 Å². The molecule has 0 spiro atoms. The molecule has 1 aromatic carbocycles.